The summed E-state index contributed by atoms with van der Waals surface area (Å²) in [5, 5.41) is 2.69. The molecule has 0 bridgehead atoms. The Morgan fingerprint density at radius 1 is 1.18 bits per heavy atom. The third-order valence-electron chi connectivity index (χ3n) is 2.94. The van der Waals surface area contributed by atoms with E-state index in [2.05, 4.69) is 15.0 Å². The zero-order chi connectivity index (χ0) is 15.8. The number of esters is 1. The van der Waals surface area contributed by atoms with E-state index in [0.29, 0.717) is 5.56 Å². The van der Waals surface area contributed by atoms with Crippen LogP contribution in [0.4, 0.5) is 0 Å². The number of methoxy groups -OCH3 is 1. The van der Waals surface area contributed by atoms with Crippen LogP contribution in [0, 0.1) is 0 Å². The van der Waals surface area contributed by atoms with Crippen molar-refractivity contribution in [2.75, 3.05) is 13.7 Å². The second-order valence-corrected chi connectivity index (χ2v) is 4.43. The summed E-state index contributed by atoms with van der Waals surface area (Å²) >= 11 is 0. The van der Waals surface area contributed by atoms with Gasteiger partial charge in [0.15, 0.2) is 0 Å². The Bertz CT molecular complexity index is 664. The van der Waals surface area contributed by atoms with Gasteiger partial charge in [-0.15, -0.1) is 0 Å². The Kier molecular flexibility index (Phi) is 5.43. The first-order chi connectivity index (χ1) is 10.7. The number of hydrogen-bond acceptors (Lipinski definition) is 4. The van der Waals surface area contributed by atoms with Crippen molar-refractivity contribution >= 4 is 11.9 Å². The van der Waals surface area contributed by atoms with E-state index in [1.54, 1.807) is 18.3 Å². The van der Waals surface area contributed by atoms with Crippen molar-refractivity contribution in [1.29, 1.82) is 0 Å². The number of carbonyl (C=O) groups is 2. The van der Waals surface area contributed by atoms with Crippen LogP contribution in [0.1, 0.15) is 10.4 Å². The third-order valence-corrected chi connectivity index (χ3v) is 2.94. The molecule has 0 fully saturated rings. The van der Waals surface area contributed by atoms with Crippen LogP contribution in [0.15, 0.2) is 60.8 Å². The van der Waals surface area contributed by atoms with E-state index in [9.17, 15) is 9.59 Å². The fourth-order valence-electron chi connectivity index (χ4n) is 1.80. The molecular formula is C17H16N2O3. The molecule has 1 aromatic heterocycles. The Morgan fingerprint density at radius 3 is 2.59 bits per heavy atom. The Hall–Kier alpha value is -2.95. The molecule has 1 amide bonds. The van der Waals surface area contributed by atoms with Crippen LogP contribution in [0.2, 0.25) is 0 Å². The van der Waals surface area contributed by atoms with Crippen LogP contribution < -0.4 is 5.32 Å². The average Bonchev–Trinajstić information content (AvgIpc) is 2.59. The predicted molar refractivity (Wildman–Crippen MR) is 83.2 cm³/mol. The van der Waals surface area contributed by atoms with Gasteiger partial charge in [-0.3, -0.25) is 9.78 Å². The summed E-state index contributed by atoms with van der Waals surface area (Å²) in [6.45, 7) is 0.260. The highest BCUT2D eigenvalue weighted by Gasteiger charge is 2.05. The van der Waals surface area contributed by atoms with Crippen LogP contribution in [0.3, 0.4) is 0 Å². The molecule has 0 radical (unpaired) electrons. The molecule has 0 aliphatic heterocycles. The van der Waals surface area contributed by atoms with Crippen molar-refractivity contribution in [1.82, 2.24) is 10.3 Å². The largest absolute Gasteiger partial charge is 0.466 e. The van der Waals surface area contributed by atoms with Gasteiger partial charge in [0.05, 0.1) is 12.8 Å². The number of carbonyl (C=O) groups excluding carboxylic acids is 2. The van der Waals surface area contributed by atoms with Gasteiger partial charge in [-0.25, -0.2) is 4.79 Å². The highest BCUT2D eigenvalue weighted by Crippen LogP contribution is 2.16. The summed E-state index contributed by atoms with van der Waals surface area (Å²) in [5.74, 6) is -0.656. The molecule has 0 spiro atoms. The molecule has 0 aliphatic rings. The number of hydrogen-bond donors (Lipinski definition) is 1. The van der Waals surface area contributed by atoms with Crippen LogP contribution in [0.5, 0.6) is 0 Å². The van der Waals surface area contributed by atoms with Gasteiger partial charge in [0.2, 0.25) is 0 Å². The number of aromatic nitrogens is 1. The first kappa shape index (κ1) is 15.4. The molecule has 1 aromatic carbocycles. The van der Waals surface area contributed by atoms with E-state index < -0.39 is 5.97 Å². The lowest BCUT2D eigenvalue weighted by atomic mass is 10.1. The van der Waals surface area contributed by atoms with E-state index in [-0.39, 0.29) is 12.5 Å². The average molecular weight is 296 g/mol. The van der Waals surface area contributed by atoms with Crippen molar-refractivity contribution in [3.8, 4) is 11.3 Å². The van der Waals surface area contributed by atoms with Crippen LogP contribution in [-0.4, -0.2) is 30.5 Å². The zero-order valence-electron chi connectivity index (χ0n) is 12.2. The molecular weight excluding hydrogens is 280 g/mol. The van der Waals surface area contributed by atoms with Gasteiger partial charge in [-0.05, 0) is 24.3 Å². The van der Waals surface area contributed by atoms with E-state index in [1.165, 1.54) is 19.3 Å². The first-order valence-corrected chi connectivity index (χ1v) is 6.75. The predicted octanol–water partition coefficient (Wildman–Crippen LogP) is 2.21. The van der Waals surface area contributed by atoms with Crippen molar-refractivity contribution in [3.63, 3.8) is 0 Å². The molecule has 0 atom stereocenters. The van der Waals surface area contributed by atoms with Crippen molar-refractivity contribution in [3.05, 3.63) is 66.4 Å². The van der Waals surface area contributed by atoms with Crippen molar-refractivity contribution in [2.45, 2.75) is 0 Å². The molecule has 1 heterocycles. The maximum absolute atomic E-state index is 11.9. The van der Waals surface area contributed by atoms with Gasteiger partial charge in [0, 0.05) is 29.9 Å². The summed E-state index contributed by atoms with van der Waals surface area (Å²) in [6, 6.07) is 12.9. The summed E-state index contributed by atoms with van der Waals surface area (Å²) in [7, 11) is 1.30. The number of ether oxygens (including phenoxy) is 1. The Morgan fingerprint density at radius 2 is 1.95 bits per heavy atom. The fourth-order valence-corrected chi connectivity index (χ4v) is 1.80. The number of amides is 1. The molecule has 1 N–H and O–H groups in total. The number of rotatable bonds is 5. The van der Waals surface area contributed by atoms with Crippen LogP contribution >= 0.6 is 0 Å². The van der Waals surface area contributed by atoms with Crippen LogP contribution in [-0.2, 0) is 9.53 Å². The number of benzene rings is 1. The lowest BCUT2D eigenvalue weighted by Crippen LogP contribution is -2.23. The minimum atomic E-state index is -0.450. The van der Waals surface area contributed by atoms with Gasteiger partial charge in [-0.2, -0.15) is 0 Å². The number of nitrogens with zero attached hydrogens (tertiary/aromatic N) is 1. The lowest BCUT2D eigenvalue weighted by molar-refractivity contribution is -0.134. The molecule has 0 saturated carbocycles. The molecule has 22 heavy (non-hydrogen) atoms. The highest BCUT2D eigenvalue weighted by atomic mass is 16.5. The minimum absolute atomic E-state index is 0.206. The van der Waals surface area contributed by atoms with Crippen molar-refractivity contribution < 1.29 is 14.3 Å². The minimum Gasteiger partial charge on any atom is -0.466 e. The summed E-state index contributed by atoms with van der Waals surface area (Å²) < 4.78 is 4.45. The second-order valence-electron chi connectivity index (χ2n) is 4.43. The number of pyridine rings is 1. The first-order valence-electron chi connectivity index (χ1n) is 6.75. The molecule has 0 aliphatic carbocycles. The zero-order valence-corrected chi connectivity index (χ0v) is 12.2. The smallest absolute Gasteiger partial charge is 0.330 e. The second kappa shape index (κ2) is 7.73. The molecule has 112 valence electrons. The Balaban J connectivity index is 1.94. The van der Waals surface area contributed by atoms with E-state index in [1.807, 2.05) is 30.3 Å². The summed E-state index contributed by atoms with van der Waals surface area (Å²) in [4.78, 5) is 27.1. The molecule has 5 heteroatoms. The van der Waals surface area contributed by atoms with Gasteiger partial charge >= 0.3 is 5.97 Å². The SMILES string of the molecule is COC(=O)/C=C/CNC(=O)c1ccc(-c2ccccn2)cc1. The van der Waals surface area contributed by atoms with Gasteiger partial charge in [-0.1, -0.05) is 24.3 Å². The standard InChI is InChI=1S/C17H16N2O3/c1-22-16(20)6-4-12-19-17(21)14-9-7-13(8-10-14)15-5-2-3-11-18-15/h2-11H,12H2,1H3,(H,19,21)/b6-4+. The molecule has 5 nitrogen and oxygen atoms in total. The fraction of sp³-hybridized carbons (Fsp3) is 0.118. The molecule has 2 rings (SSSR count). The normalized spacial score (nSPS) is 10.4. The monoisotopic (exact) mass is 296 g/mol. The topological polar surface area (TPSA) is 68.3 Å². The van der Waals surface area contributed by atoms with Crippen molar-refractivity contribution in [2.24, 2.45) is 0 Å². The Labute approximate surface area is 128 Å². The quantitative estimate of drug-likeness (QED) is 0.678. The molecule has 2 aromatic rings. The third kappa shape index (κ3) is 4.28. The van der Waals surface area contributed by atoms with Gasteiger partial charge < -0.3 is 10.1 Å². The molecule has 0 saturated heterocycles. The van der Waals surface area contributed by atoms with Gasteiger partial charge in [0.25, 0.3) is 5.91 Å². The maximum Gasteiger partial charge on any atom is 0.330 e. The van der Waals surface area contributed by atoms with E-state index in [0.717, 1.165) is 11.3 Å². The maximum atomic E-state index is 11.9. The van der Waals surface area contributed by atoms with Crippen LogP contribution in [0.25, 0.3) is 11.3 Å². The highest BCUT2D eigenvalue weighted by molar-refractivity contribution is 5.94. The number of nitrogens with one attached hydrogen (secondary N) is 1. The summed E-state index contributed by atoms with van der Waals surface area (Å²) in [5.41, 5.74) is 2.35. The summed E-state index contributed by atoms with van der Waals surface area (Å²) in [6.07, 6.45) is 4.53. The van der Waals surface area contributed by atoms with E-state index >= 15 is 0 Å². The molecule has 0 unspecified atom stereocenters. The lowest BCUT2D eigenvalue weighted by Gasteiger charge is -2.04. The van der Waals surface area contributed by atoms with E-state index in [4.69, 9.17) is 0 Å². The van der Waals surface area contributed by atoms with Gasteiger partial charge in [0.1, 0.15) is 0 Å².